The monoisotopic (exact) mass is 157 g/mol. The molecule has 1 fully saturated rings. The van der Waals surface area contributed by atoms with Crippen molar-refractivity contribution in [3.05, 3.63) is 0 Å². The van der Waals surface area contributed by atoms with Crippen molar-refractivity contribution in [2.24, 2.45) is 5.41 Å². The van der Waals surface area contributed by atoms with Crippen LogP contribution in [0.4, 0.5) is 0 Å². The molecule has 0 aromatic heterocycles. The zero-order valence-corrected chi connectivity index (χ0v) is 7.52. The fraction of sp³-hybridized carbons (Fsp3) is 0.875. The molecule has 1 aliphatic rings. The third-order valence-electron chi connectivity index (χ3n) is 2.68. The Kier molecular flexibility index (Phi) is 1.71. The second kappa shape index (κ2) is 2.21. The molecule has 3 heteroatoms. The highest BCUT2D eigenvalue weighted by Crippen LogP contribution is 2.39. The molecule has 11 heavy (non-hydrogen) atoms. The van der Waals surface area contributed by atoms with Gasteiger partial charge in [0, 0.05) is 18.9 Å². The predicted molar refractivity (Wildman–Crippen MR) is 42.0 cm³/mol. The Bertz CT molecular complexity index is 189. The Hall–Kier alpha value is -0.570. The Balaban J connectivity index is 2.89. The first-order chi connectivity index (χ1) is 4.91. The molecule has 0 radical (unpaired) electrons. The topological polar surface area (TPSA) is 38.3 Å². The molecular weight excluding hydrogens is 142 g/mol. The fourth-order valence-corrected chi connectivity index (χ4v) is 1.38. The summed E-state index contributed by atoms with van der Waals surface area (Å²) in [6.45, 7) is 5.95. The fourth-order valence-electron chi connectivity index (χ4n) is 1.38. The zero-order chi connectivity index (χ0) is 8.70. The van der Waals surface area contributed by atoms with Crippen LogP contribution in [0.3, 0.4) is 0 Å². The predicted octanol–water partition coefficient (Wildman–Crippen LogP) is 0.895. The van der Waals surface area contributed by atoms with E-state index >= 15 is 0 Å². The molecule has 0 spiro atoms. The summed E-state index contributed by atoms with van der Waals surface area (Å²) in [5, 5.41) is 2.81. The van der Waals surface area contributed by atoms with Crippen LogP contribution in [-0.4, -0.2) is 18.7 Å². The lowest BCUT2D eigenvalue weighted by atomic mass is 9.83. The minimum atomic E-state index is -0.496. The van der Waals surface area contributed by atoms with Crippen LogP contribution in [0.15, 0.2) is 0 Å². The van der Waals surface area contributed by atoms with E-state index in [-0.39, 0.29) is 11.3 Å². The van der Waals surface area contributed by atoms with E-state index in [4.69, 9.17) is 4.74 Å². The van der Waals surface area contributed by atoms with E-state index in [2.05, 4.69) is 5.32 Å². The van der Waals surface area contributed by atoms with Gasteiger partial charge < -0.3 is 10.1 Å². The standard InChI is InChI=1S/C8H15NO2/c1-7(2)5-6(10)9-8(7,3)11-4/h5H2,1-4H3,(H,9,10)/t8-/m1/s1. The van der Waals surface area contributed by atoms with Gasteiger partial charge in [-0.15, -0.1) is 0 Å². The van der Waals surface area contributed by atoms with Crippen LogP contribution in [0.2, 0.25) is 0 Å². The summed E-state index contributed by atoms with van der Waals surface area (Å²) < 4.78 is 5.25. The smallest absolute Gasteiger partial charge is 0.222 e. The van der Waals surface area contributed by atoms with E-state index in [1.54, 1.807) is 7.11 Å². The lowest BCUT2D eigenvalue weighted by Crippen LogP contribution is -2.48. The van der Waals surface area contributed by atoms with E-state index < -0.39 is 5.72 Å². The number of amides is 1. The molecule has 1 aliphatic heterocycles. The highest BCUT2D eigenvalue weighted by molar-refractivity contribution is 5.80. The van der Waals surface area contributed by atoms with E-state index in [9.17, 15) is 4.79 Å². The number of nitrogens with one attached hydrogen (secondary N) is 1. The molecule has 1 N–H and O–H groups in total. The highest BCUT2D eigenvalue weighted by atomic mass is 16.5. The quantitative estimate of drug-likeness (QED) is 0.614. The highest BCUT2D eigenvalue weighted by Gasteiger charge is 2.49. The maximum Gasteiger partial charge on any atom is 0.222 e. The summed E-state index contributed by atoms with van der Waals surface area (Å²) in [4.78, 5) is 11.0. The van der Waals surface area contributed by atoms with Gasteiger partial charge in [0.25, 0.3) is 0 Å². The third kappa shape index (κ3) is 1.13. The third-order valence-corrected chi connectivity index (χ3v) is 2.68. The molecule has 1 atom stereocenters. The SMILES string of the molecule is CO[C@@]1(C)NC(=O)CC1(C)C. The lowest BCUT2D eigenvalue weighted by Gasteiger charge is -2.35. The number of hydrogen-bond acceptors (Lipinski definition) is 2. The van der Waals surface area contributed by atoms with E-state index in [1.165, 1.54) is 0 Å². The molecule has 1 amide bonds. The van der Waals surface area contributed by atoms with Crippen LogP contribution in [0, 0.1) is 5.41 Å². The first-order valence-electron chi connectivity index (χ1n) is 3.77. The van der Waals surface area contributed by atoms with E-state index in [0.717, 1.165) is 0 Å². The summed E-state index contributed by atoms with van der Waals surface area (Å²) in [5.41, 5.74) is -0.608. The van der Waals surface area contributed by atoms with E-state index in [1.807, 2.05) is 20.8 Å². The first-order valence-corrected chi connectivity index (χ1v) is 3.77. The van der Waals surface area contributed by atoms with Gasteiger partial charge in [0.15, 0.2) is 0 Å². The summed E-state index contributed by atoms with van der Waals surface area (Å²) in [6.07, 6.45) is 0.539. The number of methoxy groups -OCH3 is 1. The summed E-state index contributed by atoms with van der Waals surface area (Å²) in [7, 11) is 1.62. The van der Waals surface area contributed by atoms with Crippen molar-refractivity contribution in [2.75, 3.05) is 7.11 Å². The average Bonchev–Trinajstić information content (AvgIpc) is 2.03. The molecular formula is C8H15NO2. The van der Waals surface area contributed by atoms with Gasteiger partial charge in [-0.25, -0.2) is 0 Å². The van der Waals surface area contributed by atoms with Gasteiger partial charge in [0.05, 0.1) is 0 Å². The number of ether oxygens (including phenoxy) is 1. The Labute approximate surface area is 67.1 Å². The molecule has 0 saturated carbocycles. The molecule has 0 unspecified atom stereocenters. The van der Waals surface area contributed by atoms with Crippen molar-refractivity contribution >= 4 is 5.91 Å². The van der Waals surface area contributed by atoms with Crippen molar-refractivity contribution < 1.29 is 9.53 Å². The van der Waals surface area contributed by atoms with Crippen molar-refractivity contribution in [1.82, 2.24) is 5.32 Å². The van der Waals surface area contributed by atoms with Crippen molar-refractivity contribution in [1.29, 1.82) is 0 Å². The largest absolute Gasteiger partial charge is 0.359 e. The number of carbonyl (C=O) groups excluding carboxylic acids is 1. The first kappa shape index (κ1) is 8.53. The summed E-state index contributed by atoms with van der Waals surface area (Å²) in [6, 6.07) is 0. The van der Waals surface area contributed by atoms with Crippen molar-refractivity contribution in [3.63, 3.8) is 0 Å². The maximum atomic E-state index is 11.0. The van der Waals surface area contributed by atoms with Gasteiger partial charge in [-0.3, -0.25) is 4.79 Å². The minimum absolute atomic E-state index is 0.0688. The summed E-state index contributed by atoms with van der Waals surface area (Å²) in [5.74, 6) is 0.0688. The molecule has 3 nitrogen and oxygen atoms in total. The van der Waals surface area contributed by atoms with Gasteiger partial charge in [0.1, 0.15) is 5.72 Å². The number of hydrogen-bond donors (Lipinski definition) is 1. The van der Waals surface area contributed by atoms with Gasteiger partial charge in [0.2, 0.25) is 5.91 Å². The molecule has 0 aliphatic carbocycles. The van der Waals surface area contributed by atoms with Gasteiger partial charge in [-0.1, -0.05) is 13.8 Å². The Morgan fingerprint density at radius 1 is 1.45 bits per heavy atom. The van der Waals surface area contributed by atoms with Crippen LogP contribution in [0.1, 0.15) is 27.2 Å². The summed E-state index contributed by atoms with van der Waals surface area (Å²) >= 11 is 0. The molecule has 0 bridgehead atoms. The normalized spacial score (nSPS) is 35.5. The Morgan fingerprint density at radius 3 is 2.18 bits per heavy atom. The van der Waals surface area contributed by atoms with Gasteiger partial charge in [-0.05, 0) is 6.92 Å². The van der Waals surface area contributed by atoms with Crippen LogP contribution in [0.25, 0.3) is 0 Å². The number of carbonyl (C=O) groups is 1. The second-order valence-electron chi connectivity index (χ2n) is 3.85. The number of rotatable bonds is 1. The molecule has 1 heterocycles. The minimum Gasteiger partial charge on any atom is -0.359 e. The molecule has 64 valence electrons. The zero-order valence-electron chi connectivity index (χ0n) is 7.52. The lowest BCUT2D eigenvalue weighted by molar-refractivity contribution is -0.123. The van der Waals surface area contributed by atoms with Crippen molar-refractivity contribution in [2.45, 2.75) is 32.9 Å². The molecule has 0 aromatic rings. The molecule has 1 rings (SSSR count). The maximum absolute atomic E-state index is 11.0. The van der Waals surface area contributed by atoms with Gasteiger partial charge in [-0.2, -0.15) is 0 Å². The van der Waals surface area contributed by atoms with Crippen molar-refractivity contribution in [3.8, 4) is 0 Å². The van der Waals surface area contributed by atoms with Crippen LogP contribution < -0.4 is 5.32 Å². The van der Waals surface area contributed by atoms with Crippen LogP contribution in [0.5, 0.6) is 0 Å². The Morgan fingerprint density at radius 2 is 2.00 bits per heavy atom. The van der Waals surface area contributed by atoms with Crippen LogP contribution >= 0.6 is 0 Å². The van der Waals surface area contributed by atoms with Crippen LogP contribution in [-0.2, 0) is 9.53 Å². The van der Waals surface area contributed by atoms with E-state index in [0.29, 0.717) is 6.42 Å². The average molecular weight is 157 g/mol. The molecule has 1 saturated heterocycles. The molecule has 0 aromatic carbocycles. The van der Waals surface area contributed by atoms with Gasteiger partial charge >= 0.3 is 0 Å². The second-order valence-corrected chi connectivity index (χ2v) is 3.85.